The van der Waals surface area contributed by atoms with Crippen LogP contribution in [0.2, 0.25) is 10.0 Å². The summed E-state index contributed by atoms with van der Waals surface area (Å²) >= 11 is 11.9. The van der Waals surface area contributed by atoms with Crippen molar-refractivity contribution in [3.8, 4) is 0 Å². The summed E-state index contributed by atoms with van der Waals surface area (Å²) in [5.41, 5.74) is 3.42. The largest absolute Gasteiger partial charge is 0.326 e. The van der Waals surface area contributed by atoms with E-state index >= 15 is 0 Å². The molecule has 1 amide bonds. The smallest absolute Gasteiger partial charge is 0.261 e. The van der Waals surface area contributed by atoms with Crippen molar-refractivity contribution in [3.05, 3.63) is 87.4 Å². The van der Waals surface area contributed by atoms with Gasteiger partial charge in [-0.15, -0.1) is 0 Å². The minimum absolute atomic E-state index is 0.0518. The second-order valence-electron chi connectivity index (χ2n) is 9.62. The molecule has 0 saturated carbocycles. The maximum absolute atomic E-state index is 13.0. The van der Waals surface area contributed by atoms with Gasteiger partial charge in [-0.25, -0.2) is 21.1 Å². The van der Waals surface area contributed by atoms with E-state index in [2.05, 4.69) is 10.0 Å². The van der Waals surface area contributed by atoms with Gasteiger partial charge in [0.05, 0.1) is 26.6 Å². The van der Waals surface area contributed by atoms with E-state index in [-0.39, 0.29) is 28.1 Å². The minimum Gasteiger partial charge on any atom is -0.326 e. The van der Waals surface area contributed by atoms with Crippen LogP contribution in [0.4, 0.5) is 11.4 Å². The first kappa shape index (κ1) is 29.4. The zero-order valence-electron chi connectivity index (χ0n) is 21.4. The summed E-state index contributed by atoms with van der Waals surface area (Å²) in [5, 5.41) is 3.40. The predicted molar refractivity (Wildman–Crippen MR) is 155 cm³/mol. The lowest BCUT2D eigenvalue weighted by molar-refractivity contribution is -0.120. The van der Waals surface area contributed by atoms with Crippen LogP contribution in [0.5, 0.6) is 0 Å². The number of benzene rings is 3. The lowest BCUT2D eigenvalue weighted by Crippen LogP contribution is -2.44. The fraction of sp³-hybridized carbons (Fsp3) is 0.296. The molecule has 1 saturated heterocycles. The molecule has 0 aliphatic carbocycles. The molecule has 1 aliphatic heterocycles. The van der Waals surface area contributed by atoms with Crippen molar-refractivity contribution in [2.24, 2.45) is 5.92 Å². The van der Waals surface area contributed by atoms with Crippen LogP contribution < -0.4 is 10.0 Å². The summed E-state index contributed by atoms with van der Waals surface area (Å²) in [7, 11) is -7.50. The van der Waals surface area contributed by atoms with Gasteiger partial charge in [-0.2, -0.15) is 0 Å². The molecule has 1 heterocycles. The number of amides is 1. The van der Waals surface area contributed by atoms with Crippen molar-refractivity contribution in [3.63, 3.8) is 0 Å². The lowest BCUT2D eigenvalue weighted by Gasteiger charge is -2.31. The van der Waals surface area contributed by atoms with Gasteiger partial charge in [0.2, 0.25) is 15.9 Å². The first-order chi connectivity index (χ1) is 18.3. The number of sulfonamides is 2. The molecule has 1 unspecified atom stereocenters. The maximum atomic E-state index is 13.0. The van der Waals surface area contributed by atoms with Gasteiger partial charge in [0.1, 0.15) is 0 Å². The lowest BCUT2D eigenvalue weighted by atomic mass is 9.99. The van der Waals surface area contributed by atoms with Crippen molar-refractivity contribution in [1.82, 2.24) is 4.31 Å². The van der Waals surface area contributed by atoms with E-state index in [4.69, 9.17) is 23.2 Å². The van der Waals surface area contributed by atoms with Gasteiger partial charge in [-0.3, -0.25) is 9.52 Å². The van der Waals surface area contributed by atoms with Crippen LogP contribution in [-0.2, 0) is 30.6 Å². The quantitative estimate of drug-likeness (QED) is 0.345. The van der Waals surface area contributed by atoms with Gasteiger partial charge in [0, 0.05) is 24.5 Å². The van der Waals surface area contributed by atoms with Crippen molar-refractivity contribution in [1.29, 1.82) is 0 Å². The third kappa shape index (κ3) is 7.32. The highest BCUT2D eigenvalue weighted by Gasteiger charge is 2.32. The van der Waals surface area contributed by atoms with Crippen LogP contribution in [0, 0.1) is 19.8 Å². The highest BCUT2D eigenvalue weighted by molar-refractivity contribution is 7.92. The number of carbonyl (C=O) groups is 1. The first-order valence-electron chi connectivity index (χ1n) is 12.3. The van der Waals surface area contributed by atoms with Crippen molar-refractivity contribution >= 4 is 60.5 Å². The average Bonchev–Trinajstić information content (AvgIpc) is 2.88. The van der Waals surface area contributed by atoms with Crippen LogP contribution in [0.15, 0.2) is 65.6 Å². The molecule has 0 radical (unpaired) electrons. The van der Waals surface area contributed by atoms with Crippen molar-refractivity contribution < 1.29 is 21.6 Å². The Balaban J connectivity index is 1.38. The van der Waals surface area contributed by atoms with Gasteiger partial charge in [-0.05, 0) is 91.9 Å². The number of halogens is 2. The third-order valence-corrected chi connectivity index (χ3v) is 10.6. The SMILES string of the molecule is Cc1ccc(NS(=O)(=O)c2ccc(NC(=O)C3CCCN(S(=O)(=O)Cc4ccc(Cl)c(Cl)c4)C3)cc2)cc1C. The summed E-state index contributed by atoms with van der Waals surface area (Å²) in [6.45, 7) is 4.23. The van der Waals surface area contributed by atoms with Gasteiger partial charge < -0.3 is 5.32 Å². The molecule has 0 bridgehead atoms. The van der Waals surface area contributed by atoms with Gasteiger partial charge in [0.15, 0.2) is 0 Å². The summed E-state index contributed by atoms with van der Waals surface area (Å²) in [6, 6.07) is 15.8. The molecule has 1 aliphatic rings. The molecule has 12 heteroatoms. The summed E-state index contributed by atoms with van der Waals surface area (Å²) in [4.78, 5) is 13.0. The van der Waals surface area contributed by atoms with Gasteiger partial charge in [-0.1, -0.05) is 35.3 Å². The Morgan fingerprint density at radius 3 is 2.26 bits per heavy atom. The van der Waals surface area contributed by atoms with Crippen molar-refractivity contribution in [2.75, 3.05) is 23.1 Å². The summed E-state index contributed by atoms with van der Waals surface area (Å²) in [6.07, 6.45) is 1.08. The average molecular weight is 611 g/mol. The van der Waals surface area contributed by atoms with Crippen LogP contribution >= 0.6 is 23.2 Å². The number of hydrogen-bond donors (Lipinski definition) is 2. The Labute approximate surface area is 239 Å². The topological polar surface area (TPSA) is 113 Å². The monoisotopic (exact) mass is 609 g/mol. The van der Waals surface area contributed by atoms with E-state index in [9.17, 15) is 21.6 Å². The van der Waals surface area contributed by atoms with Crippen LogP contribution in [0.25, 0.3) is 0 Å². The molecule has 4 rings (SSSR count). The third-order valence-electron chi connectivity index (χ3n) is 6.67. The molecular formula is C27H29Cl2N3O5S2. The molecule has 208 valence electrons. The molecule has 0 aromatic heterocycles. The fourth-order valence-corrected chi connectivity index (χ4v) is 7.29. The molecule has 3 aromatic rings. The van der Waals surface area contributed by atoms with E-state index in [0.717, 1.165) is 11.1 Å². The molecular weight excluding hydrogens is 581 g/mol. The van der Waals surface area contributed by atoms with Crippen LogP contribution in [-0.4, -0.2) is 40.1 Å². The van der Waals surface area contributed by atoms with E-state index in [1.54, 1.807) is 24.3 Å². The predicted octanol–water partition coefficient (Wildman–Crippen LogP) is 5.59. The van der Waals surface area contributed by atoms with Crippen molar-refractivity contribution in [2.45, 2.75) is 37.3 Å². The second-order valence-corrected chi connectivity index (χ2v) is 14.1. The maximum Gasteiger partial charge on any atom is 0.261 e. The van der Waals surface area contributed by atoms with Crippen LogP contribution in [0.1, 0.15) is 29.5 Å². The highest BCUT2D eigenvalue weighted by atomic mass is 35.5. The molecule has 3 aromatic carbocycles. The van der Waals surface area contributed by atoms with E-state index in [1.165, 1.54) is 34.6 Å². The molecule has 1 atom stereocenters. The number of nitrogens with zero attached hydrogens (tertiary/aromatic N) is 1. The number of anilines is 2. The number of piperidine rings is 1. The Kier molecular flexibility index (Phi) is 8.92. The Morgan fingerprint density at radius 2 is 1.59 bits per heavy atom. The molecule has 39 heavy (non-hydrogen) atoms. The van der Waals surface area contributed by atoms with E-state index < -0.39 is 26.0 Å². The molecule has 2 N–H and O–H groups in total. The minimum atomic E-state index is -3.81. The Bertz CT molecular complexity index is 1590. The zero-order chi connectivity index (χ0) is 28.4. The zero-order valence-corrected chi connectivity index (χ0v) is 24.6. The number of rotatable bonds is 8. The molecule has 1 fully saturated rings. The van der Waals surface area contributed by atoms with E-state index in [1.807, 2.05) is 19.9 Å². The number of aryl methyl sites for hydroxylation is 2. The summed E-state index contributed by atoms with van der Waals surface area (Å²) < 4.78 is 55.6. The fourth-order valence-electron chi connectivity index (χ4n) is 4.32. The Morgan fingerprint density at radius 1 is 0.897 bits per heavy atom. The highest BCUT2D eigenvalue weighted by Crippen LogP contribution is 2.27. The van der Waals surface area contributed by atoms with E-state index in [0.29, 0.717) is 41.3 Å². The number of carbonyl (C=O) groups excluding carboxylic acids is 1. The standard InChI is InChI=1S/C27H29Cl2N3O5S2/c1-18-5-7-23(14-19(18)2)31-39(36,37)24-10-8-22(9-11-24)30-27(33)21-4-3-13-32(16-21)38(34,35)17-20-6-12-25(28)26(29)15-20/h5-12,14-15,21,31H,3-4,13,16-17H2,1-2H3,(H,30,33). The normalized spacial score (nSPS) is 16.6. The summed E-state index contributed by atoms with van der Waals surface area (Å²) in [5.74, 6) is -1.12. The van der Waals surface area contributed by atoms with Gasteiger partial charge in [0.25, 0.3) is 10.0 Å². The Hall–Kier alpha value is -2.63. The number of hydrogen-bond acceptors (Lipinski definition) is 5. The number of nitrogens with one attached hydrogen (secondary N) is 2. The van der Waals surface area contributed by atoms with Gasteiger partial charge >= 0.3 is 0 Å². The second kappa shape index (κ2) is 11.9. The first-order valence-corrected chi connectivity index (χ1v) is 16.1. The van der Waals surface area contributed by atoms with Crippen LogP contribution in [0.3, 0.4) is 0 Å². The molecule has 0 spiro atoms. The molecule has 8 nitrogen and oxygen atoms in total.